The molecular formula is C18H24N4O2. The van der Waals surface area contributed by atoms with E-state index in [-0.39, 0.29) is 0 Å². The minimum atomic E-state index is 0.327. The fourth-order valence-electron chi connectivity index (χ4n) is 3.88. The number of hydrogen-bond donors (Lipinski definition) is 0. The van der Waals surface area contributed by atoms with Crippen molar-refractivity contribution in [2.24, 2.45) is 13.0 Å². The molecule has 0 unspecified atom stereocenters. The maximum absolute atomic E-state index is 6.02. The van der Waals surface area contributed by atoms with Crippen molar-refractivity contribution in [1.29, 1.82) is 0 Å². The summed E-state index contributed by atoms with van der Waals surface area (Å²) in [5.74, 6) is 1.23. The van der Waals surface area contributed by atoms with Gasteiger partial charge in [0.25, 0.3) is 0 Å². The lowest BCUT2D eigenvalue weighted by molar-refractivity contribution is -0.0590. The van der Waals surface area contributed by atoms with E-state index in [9.17, 15) is 0 Å². The number of aryl methyl sites for hydroxylation is 1. The zero-order chi connectivity index (χ0) is 16.4. The summed E-state index contributed by atoms with van der Waals surface area (Å²) in [6.07, 6.45) is 8.34. The third-order valence-corrected chi connectivity index (χ3v) is 5.00. The summed E-state index contributed by atoms with van der Waals surface area (Å²) >= 11 is 0. The molecule has 2 fully saturated rings. The van der Waals surface area contributed by atoms with Crippen LogP contribution in [0.5, 0.6) is 5.88 Å². The Balaban J connectivity index is 1.35. The number of ether oxygens (including phenoxy) is 2. The van der Waals surface area contributed by atoms with Crippen LogP contribution in [-0.2, 0) is 18.3 Å². The summed E-state index contributed by atoms with van der Waals surface area (Å²) in [4.78, 5) is 6.78. The van der Waals surface area contributed by atoms with Crippen molar-refractivity contribution in [2.45, 2.75) is 31.5 Å². The molecule has 1 aliphatic heterocycles. The first-order valence-electron chi connectivity index (χ1n) is 8.65. The molecule has 3 heterocycles. The summed E-state index contributed by atoms with van der Waals surface area (Å²) in [7, 11) is 1.96. The molecule has 0 amide bonds. The topological polar surface area (TPSA) is 52.4 Å². The Morgan fingerprint density at radius 3 is 3.08 bits per heavy atom. The molecule has 0 radical (unpaired) electrons. The lowest BCUT2D eigenvalue weighted by Crippen LogP contribution is -2.47. The number of nitrogens with zero attached hydrogens (tertiary/aromatic N) is 4. The number of hydrogen-bond acceptors (Lipinski definition) is 5. The van der Waals surface area contributed by atoms with Gasteiger partial charge in [0.15, 0.2) is 0 Å². The summed E-state index contributed by atoms with van der Waals surface area (Å²) in [5.41, 5.74) is 1.27. The monoisotopic (exact) mass is 328 g/mol. The maximum Gasteiger partial charge on any atom is 0.213 e. The van der Waals surface area contributed by atoms with Gasteiger partial charge in [-0.3, -0.25) is 9.58 Å². The summed E-state index contributed by atoms with van der Waals surface area (Å²) in [6, 6.07) is 6.25. The number of rotatable bonds is 5. The van der Waals surface area contributed by atoms with Crippen LogP contribution in [0, 0.1) is 5.92 Å². The molecule has 1 saturated heterocycles. The van der Waals surface area contributed by atoms with Gasteiger partial charge in [-0.05, 0) is 24.8 Å². The van der Waals surface area contributed by atoms with Crippen LogP contribution in [0.25, 0.3) is 0 Å². The SMILES string of the molecule is Cn1cc(CN2CCO[C@@H]3C[C@H](COc4ccccn4)C[C@@H]32)cn1. The number of fused-ring (bicyclic) bond motifs is 1. The second kappa shape index (κ2) is 6.91. The van der Waals surface area contributed by atoms with E-state index < -0.39 is 0 Å². The standard InChI is InChI=1S/C18H24N4O2/c1-21-11-15(10-20-21)12-22-6-7-23-17-9-14(8-16(17)22)13-24-18-4-2-3-5-19-18/h2-5,10-11,14,16-17H,6-9,12-13H2,1H3/t14-,16+,17-/m1/s1. The van der Waals surface area contributed by atoms with E-state index in [0.29, 0.717) is 30.6 Å². The van der Waals surface area contributed by atoms with Crippen LogP contribution in [0.1, 0.15) is 18.4 Å². The first kappa shape index (κ1) is 15.6. The Morgan fingerprint density at radius 2 is 2.29 bits per heavy atom. The van der Waals surface area contributed by atoms with Gasteiger partial charge in [0.2, 0.25) is 5.88 Å². The Kier molecular flexibility index (Phi) is 4.49. The second-order valence-corrected chi connectivity index (χ2v) is 6.79. The second-order valence-electron chi connectivity index (χ2n) is 6.79. The Morgan fingerprint density at radius 1 is 1.33 bits per heavy atom. The molecule has 6 heteroatoms. The van der Waals surface area contributed by atoms with Crippen molar-refractivity contribution < 1.29 is 9.47 Å². The van der Waals surface area contributed by atoms with E-state index >= 15 is 0 Å². The lowest BCUT2D eigenvalue weighted by Gasteiger charge is -2.37. The largest absolute Gasteiger partial charge is 0.477 e. The highest BCUT2D eigenvalue weighted by atomic mass is 16.5. The highest BCUT2D eigenvalue weighted by Gasteiger charge is 2.41. The average molecular weight is 328 g/mol. The van der Waals surface area contributed by atoms with Gasteiger partial charge >= 0.3 is 0 Å². The van der Waals surface area contributed by atoms with E-state index in [1.54, 1.807) is 6.20 Å². The summed E-state index contributed by atoms with van der Waals surface area (Å²) < 4.78 is 13.7. The smallest absolute Gasteiger partial charge is 0.213 e. The minimum Gasteiger partial charge on any atom is -0.477 e. The van der Waals surface area contributed by atoms with E-state index in [1.165, 1.54) is 5.56 Å². The predicted octanol–water partition coefficient (Wildman–Crippen LogP) is 1.87. The van der Waals surface area contributed by atoms with Crippen molar-refractivity contribution in [3.8, 4) is 5.88 Å². The molecule has 2 aromatic rings. The normalized spacial score (nSPS) is 27.1. The van der Waals surface area contributed by atoms with Crippen LogP contribution in [0.2, 0.25) is 0 Å². The number of aromatic nitrogens is 3. The summed E-state index contributed by atoms with van der Waals surface area (Å²) in [6.45, 7) is 3.47. The van der Waals surface area contributed by atoms with Gasteiger partial charge in [-0.25, -0.2) is 4.98 Å². The zero-order valence-corrected chi connectivity index (χ0v) is 14.0. The average Bonchev–Trinajstić information content (AvgIpc) is 3.20. The molecule has 0 aromatic carbocycles. The number of morpholine rings is 1. The molecule has 24 heavy (non-hydrogen) atoms. The molecule has 128 valence electrons. The Labute approximate surface area is 142 Å². The van der Waals surface area contributed by atoms with Gasteiger partial charge in [0.1, 0.15) is 0 Å². The van der Waals surface area contributed by atoms with E-state index in [4.69, 9.17) is 9.47 Å². The molecule has 4 rings (SSSR count). The van der Waals surface area contributed by atoms with Crippen LogP contribution in [-0.4, -0.2) is 51.6 Å². The fraction of sp³-hybridized carbons (Fsp3) is 0.556. The van der Waals surface area contributed by atoms with Crippen LogP contribution < -0.4 is 4.74 Å². The Hall–Kier alpha value is -1.92. The molecule has 2 aliphatic rings. The maximum atomic E-state index is 6.02. The van der Waals surface area contributed by atoms with Crippen LogP contribution in [0.15, 0.2) is 36.8 Å². The molecule has 3 atom stereocenters. The van der Waals surface area contributed by atoms with Crippen LogP contribution in [0.4, 0.5) is 0 Å². The lowest BCUT2D eigenvalue weighted by atomic mass is 10.1. The van der Waals surface area contributed by atoms with E-state index in [2.05, 4.69) is 21.2 Å². The van der Waals surface area contributed by atoms with Gasteiger partial charge in [-0.15, -0.1) is 0 Å². The molecule has 6 nitrogen and oxygen atoms in total. The van der Waals surface area contributed by atoms with Crippen molar-refractivity contribution in [1.82, 2.24) is 19.7 Å². The third kappa shape index (κ3) is 3.44. The molecular weight excluding hydrogens is 304 g/mol. The van der Waals surface area contributed by atoms with Crippen molar-refractivity contribution in [3.63, 3.8) is 0 Å². The first-order valence-corrected chi connectivity index (χ1v) is 8.65. The highest BCUT2D eigenvalue weighted by molar-refractivity contribution is 5.09. The van der Waals surface area contributed by atoms with Gasteiger partial charge in [0.05, 0.1) is 25.5 Å². The third-order valence-electron chi connectivity index (χ3n) is 5.00. The molecule has 0 bridgehead atoms. The van der Waals surface area contributed by atoms with Crippen molar-refractivity contribution in [3.05, 3.63) is 42.4 Å². The molecule has 1 aliphatic carbocycles. The van der Waals surface area contributed by atoms with E-state index in [0.717, 1.165) is 32.5 Å². The predicted molar refractivity (Wildman–Crippen MR) is 89.6 cm³/mol. The Bertz CT molecular complexity index is 660. The molecule has 2 aromatic heterocycles. The van der Waals surface area contributed by atoms with Crippen molar-refractivity contribution >= 4 is 0 Å². The van der Waals surface area contributed by atoms with Gasteiger partial charge in [-0.1, -0.05) is 6.07 Å². The van der Waals surface area contributed by atoms with Crippen LogP contribution in [0.3, 0.4) is 0 Å². The molecule has 0 spiro atoms. The minimum absolute atomic E-state index is 0.327. The van der Waals surface area contributed by atoms with Gasteiger partial charge in [0, 0.05) is 50.2 Å². The van der Waals surface area contributed by atoms with Gasteiger partial charge < -0.3 is 9.47 Å². The fourth-order valence-corrected chi connectivity index (χ4v) is 3.88. The number of pyridine rings is 1. The van der Waals surface area contributed by atoms with E-state index in [1.807, 2.05) is 36.1 Å². The van der Waals surface area contributed by atoms with Crippen molar-refractivity contribution in [2.75, 3.05) is 19.8 Å². The van der Waals surface area contributed by atoms with Crippen LogP contribution >= 0.6 is 0 Å². The molecule has 0 N–H and O–H groups in total. The summed E-state index contributed by atoms with van der Waals surface area (Å²) in [5, 5.41) is 4.28. The zero-order valence-electron chi connectivity index (χ0n) is 14.0. The van der Waals surface area contributed by atoms with Gasteiger partial charge in [-0.2, -0.15) is 5.10 Å². The quantitative estimate of drug-likeness (QED) is 0.839. The first-order chi connectivity index (χ1) is 11.8. The molecule has 1 saturated carbocycles. The highest BCUT2D eigenvalue weighted by Crippen LogP contribution is 2.35.